The lowest BCUT2D eigenvalue weighted by molar-refractivity contribution is -0.289. The van der Waals surface area contributed by atoms with E-state index >= 15 is 0 Å². The van der Waals surface area contributed by atoms with E-state index in [1.165, 1.54) is 31.2 Å². The zero-order valence-corrected chi connectivity index (χ0v) is 19.1. The SMILES string of the molecule is C[C@H]1O[C@@H](O[C@@]23C(=O)[C@@H](O)[C@](C)(O)C[C@]2(O)C=CC2=C3C(=O)c3cccc(O)c3C2=O)CC[C@@H]1O. The van der Waals surface area contributed by atoms with E-state index in [9.17, 15) is 39.9 Å². The number of ether oxygens (including phenoxy) is 2. The van der Waals surface area contributed by atoms with Crippen LogP contribution in [-0.2, 0) is 14.3 Å². The Bertz CT molecular complexity index is 1210. The van der Waals surface area contributed by atoms with Crippen molar-refractivity contribution in [2.45, 2.75) is 74.5 Å². The fourth-order valence-electron chi connectivity index (χ4n) is 5.62. The van der Waals surface area contributed by atoms with Crippen LogP contribution in [0.15, 0.2) is 41.5 Å². The van der Waals surface area contributed by atoms with Crippen LogP contribution in [0, 0.1) is 0 Å². The Labute approximate surface area is 200 Å². The van der Waals surface area contributed by atoms with Crippen LogP contribution in [0.1, 0.15) is 53.8 Å². The van der Waals surface area contributed by atoms with Crippen LogP contribution in [0.5, 0.6) is 5.75 Å². The Kier molecular flexibility index (Phi) is 5.23. The van der Waals surface area contributed by atoms with Crippen molar-refractivity contribution in [1.29, 1.82) is 0 Å². The Morgan fingerprint density at radius 2 is 1.80 bits per heavy atom. The maximum Gasteiger partial charge on any atom is 0.204 e. The Morgan fingerprint density at radius 1 is 1.09 bits per heavy atom. The minimum Gasteiger partial charge on any atom is -0.507 e. The summed E-state index contributed by atoms with van der Waals surface area (Å²) in [5, 5.41) is 53.6. The number of hydrogen-bond donors (Lipinski definition) is 5. The maximum absolute atomic E-state index is 13.8. The molecule has 1 aliphatic heterocycles. The number of carbonyl (C=O) groups excluding carboxylic acids is 3. The summed E-state index contributed by atoms with van der Waals surface area (Å²) in [6.45, 7) is 2.76. The average Bonchev–Trinajstić information content (AvgIpc) is 2.79. The van der Waals surface area contributed by atoms with Crippen LogP contribution in [0.4, 0.5) is 0 Å². The van der Waals surface area contributed by atoms with Crippen LogP contribution < -0.4 is 0 Å². The first-order valence-corrected chi connectivity index (χ1v) is 11.4. The molecule has 3 aliphatic carbocycles. The Balaban J connectivity index is 1.74. The number of ketones is 3. The van der Waals surface area contributed by atoms with E-state index in [1.807, 2.05) is 0 Å². The third-order valence-electron chi connectivity index (χ3n) is 7.47. The van der Waals surface area contributed by atoms with E-state index in [1.54, 1.807) is 6.92 Å². The number of carbonyl (C=O) groups is 3. The highest BCUT2D eigenvalue weighted by Crippen LogP contribution is 2.54. The second kappa shape index (κ2) is 7.63. The van der Waals surface area contributed by atoms with Crippen LogP contribution in [0.25, 0.3) is 0 Å². The van der Waals surface area contributed by atoms with E-state index in [2.05, 4.69) is 0 Å². The normalized spacial score (nSPS) is 40.9. The van der Waals surface area contributed by atoms with Gasteiger partial charge in [-0.2, -0.15) is 0 Å². The predicted molar refractivity (Wildman–Crippen MR) is 118 cm³/mol. The second-order valence-corrected chi connectivity index (χ2v) is 9.92. The molecule has 186 valence electrons. The lowest BCUT2D eigenvalue weighted by atomic mass is 9.56. The molecule has 1 saturated carbocycles. The quantitative estimate of drug-likeness (QED) is 0.386. The fraction of sp³-hybridized carbons (Fsp3) is 0.480. The molecule has 0 radical (unpaired) electrons. The summed E-state index contributed by atoms with van der Waals surface area (Å²) in [7, 11) is 0. The van der Waals surface area contributed by atoms with Gasteiger partial charge in [0.2, 0.25) is 5.78 Å². The van der Waals surface area contributed by atoms with Gasteiger partial charge in [0.25, 0.3) is 0 Å². The number of Topliss-reactive ketones (excluding diaryl/α,β-unsaturated/α-hetero) is 3. The molecule has 4 aliphatic rings. The van der Waals surface area contributed by atoms with Gasteiger partial charge in [0.15, 0.2) is 23.5 Å². The molecule has 1 aromatic carbocycles. The maximum atomic E-state index is 13.8. The molecule has 1 saturated heterocycles. The van der Waals surface area contributed by atoms with E-state index in [0.717, 1.165) is 6.08 Å². The van der Waals surface area contributed by atoms with Crippen molar-refractivity contribution in [2.75, 3.05) is 0 Å². The highest BCUT2D eigenvalue weighted by atomic mass is 16.7. The van der Waals surface area contributed by atoms with Crippen molar-refractivity contribution >= 4 is 17.3 Å². The predicted octanol–water partition coefficient (Wildman–Crippen LogP) is 0.0947. The number of aliphatic hydroxyl groups is 4. The lowest BCUT2D eigenvalue weighted by Gasteiger charge is -2.56. The summed E-state index contributed by atoms with van der Waals surface area (Å²) >= 11 is 0. The summed E-state index contributed by atoms with van der Waals surface area (Å²) in [5.41, 5.74) is -8.21. The summed E-state index contributed by atoms with van der Waals surface area (Å²) in [6, 6.07) is 3.92. The molecule has 5 N–H and O–H groups in total. The van der Waals surface area contributed by atoms with Gasteiger partial charge < -0.3 is 35.0 Å². The molecule has 7 atom stereocenters. The van der Waals surface area contributed by atoms with E-state index in [4.69, 9.17) is 9.47 Å². The average molecular weight is 486 g/mol. The number of fused-ring (bicyclic) bond motifs is 3. The Hall–Kier alpha value is -2.73. The number of allylic oxidation sites excluding steroid dienone is 2. The minimum absolute atomic E-state index is 0.0922. The Morgan fingerprint density at radius 3 is 2.49 bits per heavy atom. The number of phenols is 1. The van der Waals surface area contributed by atoms with E-state index in [0.29, 0.717) is 0 Å². The highest BCUT2D eigenvalue weighted by molar-refractivity contribution is 6.32. The van der Waals surface area contributed by atoms with Gasteiger partial charge in [0.1, 0.15) is 17.5 Å². The first-order chi connectivity index (χ1) is 16.3. The molecule has 10 heteroatoms. The first-order valence-electron chi connectivity index (χ1n) is 11.4. The van der Waals surface area contributed by atoms with Gasteiger partial charge in [-0.3, -0.25) is 14.4 Å². The van der Waals surface area contributed by atoms with Gasteiger partial charge in [-0.1, -0.05) is 18.2 Å². The van der Waals surface area contributed by atoms with Crippen LogP contribution in [-0.4, -0.2) is 84.3 Å². The molecule has 0 unspecified atom stereocenters. The molecular formula is C25H26O10. The third kappa shape index (κ3) is 3.15. The monoisotopic (exact) mass is 486 g/mol. The molecule has 0 amide bonds. The number of phenolic OH excluding ortho intramolecular Hbond substituents is 1. The van der Waals surface area contributed by atoms with Crippen LogP contribution >= 0.6 is 0 Å². The van der Waals surface area contributed by atoms with Crippen LogP contribution in [0.3, 0.4) is 0 Å². The molecule has 1 heterocycles. The van der Waals surface area contributed by atoms with Gasteiger partial charge in [-0.05, 0) is 32.4 Å². The van der Waals surface area contributed by atoms with Crippen molar-refractivity contribution in [1.82, 2.24) is 0 Å². The summed E-state index contributed by atoms with van der Waals surface area (Å²) < 4.78 is 11.8. The minimum atomic E-state index is -2.60. The van der Waals surface area contributed by atoms with Gasteiger partial charge in [0, 0.05) is 24.0 Å². The molecule has 5 rings (SSSR count). The fourth-order valence-corrected chi connectivity index (χ4v) is 5.62. The number of hydrogen-bond acceptors (Lipinski definition) is 10. The van der Waals surface area contributed by atoms with Gasteiger partial charge >= 0.3 is 0 Å². The van der Waals surface area contributed by atoms with E-state index < -0.39 is 76.5 Å². The van der Waals surface area contributed by atoms with E-state index in [-0.39, 0.29) is 29.5 Å². The second-order valence-electron chi connectivity index (χ2n) is 9.92. The van der Waals surface area contributed by atoms with Crippen molar-refractivity contribution in [3.63, 3.8) is 0 Å². The van der Waals surface area contributed by atoms with Gasteiger partial charge in [-0.25, -0.2) is 0 Å². The smallest absolute Gasteiger partial charge is 0.204 e. The van der Waals surface area contributed by atoms with Gasteiger partial charge in [0.05, 0.1) is 28.9 Å². The summed E-state index contributed by atoms with van der Waals surface area (Å²) in [6.07, 6.45) is -2.75. The zero-order chi connectivity index (χ0) is 25.5. The number of rotatable bonds is 2. The molecule has 10 nitrogen and oxygen atoms in total. The molecule has 0 bridgehead atoms. The number of aliphatic hydroxyl groups excluding tert-OH is 2. The molecule has 35 heavy (non-hydrogen) atoms. The lowest BCUT2D eigenvalue weighted by Crippen LogP contribution is -2.75. The summed E-state index contributed by atoms with van der Waals surface area (Å²) in [5.74, 6) is -3.24. The largest absolute Gasteiger partial charge is 0.507 e. The van der Waals surface area contributed by atoms with Crippen LogP contribution in [0.2, 0.25) is 0 Å². The van der Waals surface area contributed by atoms with Crippen molar-refractivity contribution in [2.24, 2.45) is 0 Å². The standard InChI is InChI=1S/C25H26O10/c1-11-14(26)6-7-16(34-11)35-25-18-13(19(28)17-12(20(18)29)4-3-5-15(17)27)8-9-24(25,33)10-23(2,32)21(30)22(25)31/h3-5,8-9,11,14,16,21,26-27,30,32-33H,6-7,10H2,1-2H3/t11-,14+,16+,21-,23-,24-,25+/m1/s1. The number of aromatic hydroxyl groups is 1. The third-order valence-corrected chi connectivity index (χ3v) is 7.47. The first kappa shape index (κ1) is 24.0. The highest BCUT2D eigenvalue weighted by Gasteiger charge is 2.71. The van der Waals surface area contributed by atoms with Gasteiger partial charge in [-0.15, -0.1) is 0 Å². The van der Waals surface area contributed by atoms with Crippen molar-refractivity contribution in [3.8, 4) is 5.75 Å². The van der Waals surface area contributed by atoms with Crippen molar-refractivity contribution in [3.05, 3.63) is 52.6 Å². The topological polar surface area (TPSA) is 171 Å². The molecular weight excluding hydrogens is 460 g/mol. The molecule has 0 aromatic heterocycles. The summed E-state index contributed by atoms with van der Waals surface area (Å²) in [4.78, 5) is 41.0. The van der Waals surface area contributed by atoms with Crippen molar-refractivity contribution < 1.29 is 49.4 Å². The zero-order valence-electron chi connectivity index (χ0n) is 19.1. The molecule has 0 spiro atoms. The number of benzene rings is 1. The molecule has 1 aromatic rings. The molecule has 2 fully saturated rings.